The van der Waals surface area contributed by atoms with E-state index in [1.54, 1.807) is 0 Å². The van der Waals surface area contributed by atoms with Crippen LogP contribution in [0.25, 0.3) is 0 Å². The normalized spacial score (nSPS) is 23.6. The highest BCUT2D eigenvalue weighted by Crippen LogP contribution is 2.33. The molecule has 0 spiro atoms. The average molecular weight is 289 g/mol. The Bertz CT molecular complexity index is 504. The smallest absolute Gasteiger partial charge is 0.328 e. The van der Waals surface area contributed by atoms with E-state index in [0.29, 0.717) is 37.8 Å². The van der Waals surface area contributed by atoms with Gasteiger partial charge in [0.15, 0.2) is 5.78 Å². The number of carbonyl (C=O) groups is 1. The summed E-state index contributed by atoms with van der Waals surface area (Å²) < 4.78 is 51.0. The summed E-state index contributed by atoms with van der Waals surface area (Å²) in [5, 5.41) is 0. The van der Waals surface area contributed by atoms with E-state index in [1.165, 1.54) is 0 Å². The number of halogens is 4. The van der Waals surface area contributed by atoms with Gasteiger partial charge < -0.3 is 5.73 Å². The molecule has 1 saturated carbocycles. The van der Waals surface area contributed by atoms with Crippen molar-refractivity contribution in [3.05, 3.63) is 35.1 Å². The van der Waals surface area contributed by atoms with Crippen LogP contribution in [-0.4, -0.2) is 11.8 Å². The second-order valence-electron chi connectivity index (χ2n) is 5.17. The van der Waals surface area contributed by atoms with Crippen molar-refractivity contribution in [3.8, 4) is 0 Å². The van der Waals surface area contributed by atoms with Gasteiger partial charge in [-0.1, -0.05) is 0 Å². The Labute approximate surface area is 114 Å². The molecule has 1 aromatic carbocycles. The zero-order valence-electron chi connectivity index (χ0n) is 10.7. The van der Waals surface area contributed by atoms with Crippen molar-refractivity contribution in [3.63, 3.8) is 0 Å². The molecule has 0 aromatic heterocycles. The second-order valence-corrected chi connectivity index (χ2v) is 5.17. The van der Waals surface area contributed by atoms with Crippen LogP contribution < -0.4 is 5.73 Å². The van der Waals surface area contributed by atoms with E-state index in [9.17, 15) is 22.4 Å². The number of rotatable bonds is 2. The van der Waals surface area contributed by atoms with E-state index < -0.39 is 17.6 Å². The first-order valence-electron chi connectivity index (χ1n) is 6.45. The van der Waals surface area contributed by atoms with Gasteiger partial charge in [0.2, 0.25) is 0 Å². The Balaban J connectivity index is 2.23. The summed E-state index contributed by atoms with van der Waals surface area (Å²) in [6.07, 6.45) is -2.29. The van der Waals surface area contributed by atoms with Crippen LogP contribution in [0.3, 0.4) is 0 Å². The van der Waals surface area contributed by atoms with E-state index in [0.717, 1.165) is 6.07 Å². The zero-order chi connectivity index (χ0) is 14.9. The third kappa shape index (κ3) is 3.17. The number of ketones is 1. The van der Waals surface area contributed by atoms with Gasteiger partial charge in [0, 0.05) is 17.5 Å². The first-order valence-corrected chi connectivity index (χ1v) is 6.45. The number of hydrogen-bond donors (Lipinski definition) is 1. The van der Waals surface area contributed by atoms with Crippen LogP contribution in [-0.2, 0) is 6.18 Å². The zero-order valence-corrected chi connectivity index (χ0v) is 10.7. The summed E-state index contributed by atoms with van der Waals surface area (Å²) in [6, 6.07) is 2.47. The Morgan fingerprint density at radius 1 is 1.15 bits per heavy atom. The SMILES string of the molecule is NC1CCC(C(=O)c2ccc(F)c(C(F)(F)F)c2)CC1. The maximum absolute atomic E-state index is 13.2. The minimum Gasteiger partial charge on any atom is -0.328 e. The van der Waals surface area contributed by atoms with E-state index in [4.69, 9.17) is 5.73 Å². The molecule has 2 rings (SSSR count). The minimum absolute atomic E-state index is 0.0537. The van der Waals surface area contributed by atoms with E-state index in [1.807, 2.05) is 0 Å². The van der Waals surface area contributed by atoms with Crippen LogP contribution in [0, 0.1) is 11.7 Å². The van der Waals surface area contributed by atoms with E-state index in [2.05, 4.69) is 0 Å². The lowest BCUT2D eigenvalue weighted by Gasteiger charge is -2.25. The molecule has 2 N–H and O–H groups in total. The Morgan fingerprint density at radius 2 is 1.75 bits per heavy atom. The van der Waals surface area contributed by atoms with Crippen LogP contribution in [0.4, 0.5) is 17.6 Å². The van der Waals surface area contributed by atoms with Crippen molar-refractivity contribution in [2.75, 3.05) is 0 Å². The van der Waals surface area contributed by atoms with Gasteiger partial charge in [-0.15, -0.1) is 0 Å². The van der Waals surface area contributed by atoms with Crippen LogP contribution in [0.1, 0.15) is 41.6 Å². The summed E-state index contributed by atoms with van der Waals surface area (Å²) in [5.74, 6) is -2.04. The summed E-state index contributed by atoms with van der Waals surface area (Å²) in [7, 11) is 0. The topological polar surface area (TPSA) is 43.1 Å². The fraction of sp³-hybridized carbons (Fsp3) is 0.500. The lowest BCUT2D eigenvalue weighted by Crippen LogP contribution is -2.30. The molecule has 0 radical (unpaired) electrons. The van der Waals surface area contributed by atoms with Crippen LogP contribution in [0.5, 0.6) is 0 Å². The molecule has 0 saturated heterocycles. The molecular weight excluding hydrogens is 274 g/mol. The largest absolute Gasteiger partial charge is 0.419 e. The standard InChI is InChI=1S/C14H15F4NO/c15-12-6-3-9(7-11(12)14(16,17)18)13(20)8-1-4-10(19)5-2-8/h3,6-8,10H,1-2,4-5,19H2. The molecular formula is C14H15F4NO. The molecule has 1 aliphatic rings. The van der Waals surface area contributed by atoms with Crippen molar-refractivity contribution in [1.29, 1.82) is 0 Å². The Hall–Kier alpha value is -1.43. The van der Waals surface area contributed by atoms with Gasteiger partial charge in [-0.25, -0.2) is 4.39 Å². The molecule has 0 amide bonds. The van der Waals surface area contributed by atoms with Crippen LogP contribution in [0.2, 0.25) is 0 Å². The lowest BCUT2D eigenvalue weighted by molar-refractivity contribution is -0.140. The third-order valence-electron chi connectivity index (χ3n) is 3.70. The average Bonchev–Trinajstić information content (AvgIpc) is 2.38. The number of alkyl halides is 3. The fourth-order valence-electron chi connectivity index (χ4n) is 2.51. The first-order chi connectivity index (χ1) is 9.29. The predicted octanol–water partition coefficient (Wildman–Crippen LogP) is 3.54. The molecule has 0 aliphatic heterocycles. The number of nitrogens with two attached hydrogens (primary N) is 1. The molecule has 0 heterocycles. The van der Waals surface area contributed by atoms with Gasteiger partial charge >= 0.3 is 6.18 Å². The highest BCUT2D eigenvalue weighted by atomic mass is 19.4. The van der Waals surface area contributed by atoms with Gasteiger partial charge in [0.25, 0.3) is 0 Å². The van der Waals surface area contributed by atoms with Crippen molar-refractivity contribution in [2.24, 2.45) is 11.7 Å². The highest BCUT2D eigenvalue weighted by Gasteiger charge is 2.35. The molecule has 2 nitrogen and oxygen atoms in total. The number of Topliss-reactive ketones (excluding diaryl/α,β-unsaturated/α-hetero) is 1. The monoisotopic (exact) mass is 289 g/mol. The van der Waals surface area contributed by atoms with Gasteiger partial charge in [-0.05, 0) is 43.9 Å². The van der Waals surface area contributed by atoms with Crippen molar-refractivity contribution < 1.29 is 22.4 Å². The van der Waals surface area contributed by atoms with Gasteiger partial charge in [0.1, 0.15) is 5.82 Å². The lowest BCUT2D eigenvalue weighted by atomic mass is 9.81. The number of hydrogen-bond acceptors (Lipinski definition) is 2. The summed E-state index contributed by atoms with van der Waals surface area (Å²) in [6.45, 7) is 0. The van der Waals surface area contributed by atoms with Crippen molar-refractivity contribution >= 4 is 5.78 Å². The minimum atomic E-state index is -4.80. The molecule has 6 heteroatoms. The maximum Gasteiger partial charge on any atom is 0.419 e. The molecule has 1 aromatic rings. The quantitative estimate of drug-likeness (QED) is 0.668. The Kier molecular flexibility index (Phi) is 4.13. The van der Waals surface area contributed by atoms with E-state index in [-0.39, 0.29) is 23.3 Å². The molecule has 1 aliphatic carbocycles. The van der Waals surface area contributed by atoms with Gasteiger partial charge in [-0.3, -0.25) is 4.79 Å². The van der Waals surface area contributed by atoms with E-state index >= 15 is 0 Å². The third-order valence-corrected chi connectivity index (χ3v) is 3.70. The summed E-state index contributed by atoms with van der Waals surface area (Å²) in [5.41, 5.74) is 4.25. The fourth-order valence-corrected chi connectivity index (χ4v) is 2.51. The molecule has 20 heavy (non-hydrogen) atoms. The predicted molar refractivity (Wildman–Crippen MR) is 65.7 cm³/mol. The molecule has 110 valence electrons. The van der Waals surface area contributed by atoms with Gasteiger partial charge in [-0.2, -0.15) is 13.2 Å². The van der Waals surface area contributed by atoms with Gasteiger partial charge in [0.05, 0.1) is 5.56 Å². The molecule has 0 unspecified atom stereocenters. The van der Waals surface area contributed by atoms with Crippen molar-refractivity contribution in [2.45, 2.75) is 37.9 Å². The van der Waals surface area contributed by atoms with Crippen molar-refractivity contribution in [1.82, 2.24) is 0 Å². The first kappa shape index (κ1) is 15.0. The van der Waals surface area contributed by atoms with Crippen LogP contribution in [0.15, 0.2) is 18.2 Å². The number of carbonyl (C=O) groups excluding carboxylic acids is 1. The molecule has 1 fully saturated rings. The molecule has 0 atom stereocenters. The highest BCUT2D eigenvalue weighted by molar-refractivity contribution is 5.98. The number of benzene rings is 1. The Morgan fingerprint density at radius 3 is 2.30 bits per heavy atom. The second kappa shape index (κ2) is 5.52. The van der Waals surface area contributed by atoms with Crippen LogP contribution >= 0.6 is 0 Å². The maximum atomic E-state index is 13.2. The molecule has 0 bridgehead atoms. The summed E-state index contributed by atoms with van der Waals surface area (Å²) >= 11 is 0. The summed E-state index contributed by atoms with van der Waals surface area (Å²) in [4.78, 5) is 12.2.